The Morgan fingerprint density at radius 2 is 1.97 bits per heavy atom. The second-order valence-electron chi connectivity index (χ2n) is 9.06. The predicted molar refractivity (Wildman–Crippen MR) is 120 cm³/mol. The number of halogens is 1. The highest BCUT2D eigenvalue weighted by molar-refractivity contribution is 5.97. The number of nitrogens with zero attached hydrogens (tertiary/aromatic N) is 3. The Kier molecular flexibility index (Phi) is 6.32. The van der Waals surface area contributed by atoms with Gasteiger partial charge in [0.05, 0.1) is 11.9 Å². The van der Waals surface area contributed by atoms with Crippen LogP contribution in [0.1, 0.15) is 63.0 Å². The Balaban J connectivity index is 1.39. The lowest BCUT2D eigenvalue weighted by Gasteiger charge is -2.19. The third kappa shape index (κ3) is 5.75. The summed E-state index contributed by atoms with van der Waals surface area (Å²) in [5, 5.41) is 6.28. The van der Waals surface area contributed by atoms with Gasteiger partial charge in [-0.3, -0.25) is 10.1 Å². The highest BCUT2D eigenvalue weighted by Gasteiger charge is 2.31. The molecule has 1 aromatic carbocycles. The first-order chi connectivity index (χ1) is 16.1. The summed E-state index contributed by atoms with van der Waals surface area (Å²) in [6.07, 6.45) is 1.98. The number of benzene rings is 1. The van der Waals surface area contributed by atoms with Gasteiger partial charge in [-0.15, -0.1) is 0 Å². The van der Waals surface area contributed by atoms with Crippen molar-refractivity contribution in [2.75, 3.05) is 5.32 Å². The van der Waals surface area contributed by atoms with Crippen molar-refractivity contribution < 1.29 is 28.0 Å². The zero-order valence-corrected chi connectivity index (χ0v) is 19.3. The zero-order chi connectivity index (χ0) is 24.5. The van der Waals surface area contributed by atoms with E-state index in [4.69, 9.17) is 14.0 Å². The molecule has 1 aliphatic rings. The molecular weight excluding hydrogens is 443 g/mol. The van der Waals surface area contributed by atoms with E-state index in [-0.39, 0.29) is 29.1 Å². The number of pyridine rings is 1. The number of anilines is 1. The zero-order valence-electron chi connectivity index (χ0n) is 19.3. The Morgan fingerprint density at radius 3 is 2.59 bits per heavy atom. The van der Waals surface area contributed by atoms with Crippen LogP contribution < -0.4 is 10.1 Å². The van der Waals surface area contributed by atoms with E-state index in [1.165, 1.54) is 24.4 Å². The minimum absolute atomic E-state index is 0.0365. The highest BCUT2D eigenvalue weighted by atomic mass is 19.1. The molecule has 0 radical (unpaired) electrons. The molecule has 10 heteroatoms. The Hall–Kier alpha value is -3.82. The number of carbonyl (C=O) groups excluding carboxylic acids is 2. The molecule has 1 N–H and O–H groups in total. The van der Waals surface area contributed by atoms with Gasteiger partial charge in [0.2, 0.25) is 5.82 Å². The van der Waals surface area contributed by atoms with Gasteiger partial charge in [-0.2, -0.15) is 4.98 Å². The normalized spacial score (nSPS) is 14.4. The summed E-state index contributed by atoms with van der Waals surface area (Å²) in [4.78, 5) is 32.4. The first kappa shape index (κ1) is 23.3. The molecule has 0 saturated heterocycles. The topological polar surface area (TPSA) is 116 Å². The molecule has 1 atom stereocenters. The lowest BCUT2D eigenvalue weighted by Crippen LogP contribution is -2.27. The summed E-state index contributed by atoms with van der Waals surface area (Å²) < 4.78 is 30.7. The summed E-state index contributed by atoms with van der Waals surface area (Å²) in [5.41, 5.74) is 0.0234. The van der Waals surface area contributed by atoms with Crippen molar-refractivity contribution in [2.45, 2.75) is 52.2 Å². The van der Waals surface area contributed by atoms with E-state index in [0.717, 1.165) is 12.8 Å². The van der Waals surface area contributed by atoms with Gasteiger partial charge in [-0.25, -0.2) is 14.2 Å². The third-order valence-electron chi connectivity index (χ3n) is 4.91. The van der Waals surface area contributed by atoms with Crippen molar-refractivity contribution in [1.29, 1.82) is 0 Å². The lowest BCUT2D eigenvalue weighted by atomic mass is 10.2. The van der Waals surface area contributed by atoms with E-state index in [1.54, 1.807) is 39.8 Å². The molecule has 2 aromatic heterocycles. The smallest absolute Gasteiger partial charge is 0.412 e. The second-order valence-corrected chi connectivity index (χ2v) is 9.06. The van der Waals surface area contributed by atoms with Crippen LogP contribution in [0, 0.1) is 11.7 Å². The number of amides is 1. The van der Waals surface area contributed by atoms with Crippen LogP contribution in [0.15, 0.2) is 41.1 Å². The van der Waals surface area contributed by atoms with Gasteiger partial charge in [0.15, 0.2) is 11.9 Å². The van der Waals surface area contributed by atoms with Crippen molar-refractivity contribution in [3.63, 3.8) is 0 Å². The second kappa shape index (κ2) is 9.20. The van der Waals surface area contributed by atoms with Crippen LogP contribution in [-0.2, 0) is 4.74 Å². The maximum absolute atomic E-state index is 14.5. The van der Waals surface area contributed by atoms with Gasteiger partial charge in [-0.05, 0) is 70.9 Å². The standard InChI is InChI=1S/C24H25FN4O5/c1-13(32-16-8-10-19(26-12-16)20(30)14-5-6-14)21-28-22(34-29-21)15-7-9-18(17(25)11-15)27-23(31)33-24(2,3)4/h7-14H,5-6H2,1-4H3,(H,27,31). The molecular formula is C24H25FN4O5. The number of carbonyl (C=O) groups is 2. The molecule has 2 heterocycles. The largest absolute Gasteiger partial charge is 0.481 e. The Labute approximate surface area is 195 Å². The summed E-state index contributed by atoms with van der Waals surface area (Å²) in [6, 6.07) is 7.41. The van der Waals surface area contributed by atoms with Crippen molar-refractivity contribution in [3.05, 3.63) is 53.9 Å². The van der Waals surface area contributed by atoms with Gasteiger partial charge < -0.3 is 14.0 Å². The predicted octanol–water partition coefficient (Wildman–Crippen LogP) is 5.35. The molecule has 1 saturated carbocycles. The molecule has 3 aromatic rings. The fraction of sp³-hybridized carbons (Fsp3) is 0.375. The van der Waals surface area contributed by atoms with Crippen molar-refractivity contribution in [3.8, 4) is 17.2 Å². The van der Waals surface area contributed by atoms with Crippen molar-refractivity contribution >= 4 is 17.6 Å². The third-order valence-corrected chi connectivity index (χ3v) is 4.91. The number of ether oxygens (including phenoxy) is 2. The minimum atomic E-state index is -0.760. The molecule has 0 aliphatic heterocycles. The maximum Gasteiger partial charge on any atom is 0.412 e. The van der Waals surface area contributed by atoms with Crippen molar-refractivity contribution in [1.82, 2.24) is 15.1 Å². The highest BCUT2D eigenvalue weighted by Crippen LogP contribution is 2.32. The summed E-state index contributed by atoms with van der Waals surface area (Å²) in [7, 11) is 0. The Morgan fingerprint density at radius 1 is 1.21 bits per heavy atom. The molecule has 0 bridgehead atoms. The maximum atomic E-state index is 14.5. The van der Waals surface area contributed by atoms with Gasteiger partial charge in [0.1, 0.15) is 22.9 Å². The fourth-order valence-corrected chi connectivity index (χ4v) is 3.09. The number of Topliss-reactive ketones (excluding diaryl/α,β-unsaturated/α-hetero) is 1. The van der Waals surface area contributed by atoms with Gasteiger partial charge >= 0.3 is 6.09 Å². The van der Waals surface area contributed by atoms with Crippen LogP contribution in [0.4, 0.5) is 14.9 Å². The first-order valence-electron chi connectivity index (χ1n) is 10.9. The van der Waals surface area contributed by atoms with Gasteiger partial charge in [-0.1, -0.05) is 5.16 Å². The summed E-state index contributed by atoms with van der Waals surface area (Å²) in [6.45, 7) is 6.87. The van der Waals surface area contributed by atoms with Crippen LogP contribution in [0.5, 0.6) is 5.75 Å². The van der Waals surface area contributed by atoms with E-state index in [1.807, 2.05) is 0 Å². The quantitative estimate of drug-likeness (QED) is 0.461. The molecule has 9 nitrogen and oxygen atoms in total. The average Bonchev–Trinajstić information content (AvgIpc) is 3.50. The van der Waals surface area contributed by atoms with E-state index in [2.05, 4.69) is 20.4 Å². The minimum Gasteiger partial charge on any atom is -0.481 e. The molecule has 1 unspecified atom stereocenters. The van der Waals surface area contributed by atoms with Crippen LogP contribution in [-0.4, -0.2) is 32.6 Å². The van der Waals surface area contributed by atoms with Gasteiger partial charge in [0, 0.05) is 11.5 Å². The monoisotopic (exact) mass is 468 g/mol. The fourth-order valence-electron chi connectivity index (χ4n) is 3.09. The number of rotatable bonds is 7. The molecule has 0 spiro atoms. The molecule has 4 rings (SSSR count). The molecule has 1 amide bonds. The number of nitrogens with one attached hydrogen (secondary N) is 1. The molecule has 1 aliphatic carbocycles. The number of hydrogen-bond donors (Lipinski definition) is 1. The molecule has 34 heavy (non-hydrogen) atoms. The van der Waals surface area contributed by atoms with Crippen LogP contribution in [0.2, 0.25) is 0 Å². The average molecular weight is 468 g/mol. The van der Waals surface area contributed by atoms with Crippen LogP contribution in [0.25, 0.3) is 11.5 Å². The summed E-state index contributed by atoms with van der Waals surface area (Å²) in [5.74, 6) is 0.278. The van der Waals surface area contributed by atoms with E-state index < -0.39 is 23.6 Å². The van der Waals surface area contributed by atoms with Crippen LogP contribution in [0.3, 0.4) is 0 Å². The van der Waals surface area contributed by atoms with Crippen molar-refractivity contribution in [2.24, 2.45) is 5.92 Å². The Bertz CT molecular complexity index is 1200. The molecule has 178 valence electrons. The van der Waals surface area contributed by atoms with E-state index >= 15 is 0 Å². The number of ketones is 1. The molecule has 1 fully saturated rings. The lowest BCUT2D eigenvalue weighted by molar-refractivity contribution is 0.0635. The number of hydrogen-bond acceptors (Lipinski definition) is 8. The van der Waals surface area contributed by atoms with Gasteiger partial charge in [0.25, 0.3) is 5.89 Å². The number of aromatic nitrogens is 3. The first-order valence-corrected chi connectivity index (χ1v) is 10.9. The van der Waals surface area contributed by atoms with E-state index in [0.29, 0.717) is 17.0 Å². The van der Waals surface area contributed by atoms with E-state index in [9.17, 15) is 14.0 Å². The summed E-state index contributed by atoms with van der Waals surface area (Å²) >= 11 is 0. The SMILES string of the molecule is CC(Oc1ccc(C(=O)C2CC2)nc1)c1noc(-c2ccc(NC(=O)OC(C)(C)C)c(F)c2)n1. The van der Waals surface area contributed by atoms with Crippen LogP contribution >= 0.6 is 0 Å².